The Bertz CT molecular complexity index is 834. The van der Waals surface area contributed by atoms with E-state index in [0.717, 1.165) is 42.2 Å². The highest BCUT2D eigenvalue weighted by molar-refractivity contribution is 6.05. The van der Waals surface area contributed by atoms with Crippen LogP contribution in [0.25, 0.3) is 0 Å². The van der Waals surface area contributed by atoms with Crippen LogP contribution in [0.3, 0.4) is 0 Å². The number of aliphatic imine (C=N–C) groups is 1. The van der Waals surface area contributed by atoms with Crippen molar-refractivity contribution in [3.63, 3.8) is 0 Å². The highest BCUT2D eigenvalue weighted by Crippen LogP contribution is 2.40. The van der Waals surface area contributed by atoms with Gasteiger partial charge in [0.25, 0.3) is 0 Å². The zero-order chi connectivity index (χ0) is 17.1. The minimum atomic E-state index is -0.414. The quantitative estimate of drug-likeness (QED) is 0.776. The second kappa shape index (κ2) is 6.58. The van der Waals surface area contributed by atoms with Gasteiger partial charge in [0, 0.05) is 18.6 Å². The number of ether oxygens (including phenoxy) is 3. The third kappa shape index (κ3) is 3.21. The first-order valence-corrected chi connectivity index (χ1v) is 8.38. The molecule has 25 heavy (non-hydrogen) atoms. The zero-order valence-corrected chi connectivity index (χ0v) is 13.8. The summed E-state index contributed by atoms with van der Waals surface area (Å²) in [7, 11) is 0. The van der Waals surface area contributed by atoms with Gasteiger partial charge in [-0.25, -0.2) is 0 Å². The average Bonchev–Trinajstić information content (AvgIpc) is 2.64. The molecule has 0 radical (unpaired) electrons. The topological polar surface area (TPSA) is 63.8 Å². The second-order valence-corrected chi connectivity index (χ2v) is 6.35. The highest BCUT2D eigenvalue weighted by atomic mass is 16.5. The lowest BCUT2D eigenvalue weighted by Gasteiger charge is -2.41. The molecule has 2 aromatic carbocycles. The van der Waals surface area contributed by atoms with Gasteiger partial charge in [-0.05, 0) is 43.2 Å². The molecule has 1 fully saturated rings. The van der Waals surface area contributed by atoms with E-state index < -0.39 is 5.60 Å². The van der Waals surface area contributed by atoms with Crippen molar-refractivity contribution in [2.45, 2.75) is 24.9 Å². The molecule has 2 aromatic rings. The molecule has 5 nitrogen and oxygen atoms in total. The standard InChI is InChI=1S/C20H18N2O3/c21-14-22-18-12-20(9-4-10-23-13-20)25-19-8-7-16(11-17(18)19)24-15-5-2-1-3-6-15/h1-3,5-8,11H,4,9-10,12-13H2. The molecule has 1 unspecified atom stereocenters. The van der Waals surface area contributed by atoms with E-state index >= 15 is 0 Å². The predicted octanol–water partition coefficient (Wildman–Crippen LogP) is 4.08. The van der Waals surface area contributed by atoms with E-state index in [-0.39, 0.29) is 0 Å². The maximum atomic E-state index is 9.09. The van der Waals surface area contributed by atoms with Crippen LogP contribution in [0.2, 0.25) is 0 Å². The van der Waals surface area contributed by atoms with Crippen molar-refractivity contribution < 1.29 is 14.2 Å². The van der Waals surface area contributed by atoms with E-state index in [2.05, 4.69) is 4.99 Å². The Balaban J connectivity index is 1.67. The molecule has 4 rings (SSSR count). The molecule has 0 aromatic heterocycles. The molecule has 0 aliphatic carbocycles. The van der Waals surface area contributed by atoms with Gasteiger partial charge in [-0.1, -0.05) is 18.2 Å². The first kappa shape index (κ1) is 15.7. The van der Waals surface area contributed by atoms with E-state index in [4.69, 9.17) is 19.5 Å². The summed E-state index contributed by atoms with van der Waals surface area (Å²) < 4.78 is 17.8. The van der Waals surface area contributed by atoms with Gasteiger partial charge < -0.3 is 14.2 Å². The Morgan fingerprint density at radius 3 is 2.76 bits per heavy atom. The summed E-state index contributed by atoms with van der Waals surface area (Å²) in [5, 5.41) is 9.09. The first-order chi connectivity index (χ1) is 12.3. The fourth-order valence-corrected chi connectivity index (χ4v) is 3.39. The Morgan fingerprint density at radius 2 is 2.00 bits per heavy atom. The lowest BCUT2D eigenvalue weighted by Crippen LogP contribution is -2.48. The lowest BCUT2D eigenvalue weighted by molar-refractivity contribution is -0.0661. The molecule has 126 valence electrons. The summed E-state index contributed by atoms with van der Waals surface area (Å²) in [6.07, 6.45) is 4.34. The van der Waals surface area contributed by atoms with Crippen molar-refractivity contribution in [3.05, 3.63) is 54.1 Å². The van der Waals surface area contributed by atoms with Crippen LogP contribution in [0.5, 0.6) is 17.2 Å². The Labute approximate surface area is 146 Å². The van der Waals surface area contributed by atoms with Crippen LogP contribution in [-0.4, -0.2) is 24.5 Å². The summed E-state index contributed by atoms with van der Waals surface area (Å²) >= 11 is 0. The molecule has 2 aliphatic rings. The monoisotopic (exact) mass is 334 g/mol. The maximum absolute atomic E-state index is 9.09. The highest BCUT2D eigenvalue weighted by Gasteiger charge is 2.41. The van der Waals surface area contributed by atoms with Crippen LogP contribution in [-0.2, 0) is 4.74 Å². The van der Waals surface area contributed by atoms with Crippen LogP contribution in [0.15, 0.2) is 53.5 Å². The van der Waals surface area contributed by atoms with E-state index in [1.54, 1.807) is 0 Å². The Kier molecular flexibility index (Phi) is 4.12. The largest absolute Gasteiger partial charge is 0.484 e. The van der Waals surface area contributed by atoms with Crippen molar-refractivity contribution in [1.29, 1.82) is 5.26 Å². The Hall–Kier alpha value is -2.84. The van der Waals surface area contributed by atoms with Crippen molar-refractivity contribution in [2.75, 3.05) is 13.2 Å². The van der Waals surface area contributed by atoms with Gasteiger partial charge in [-0.3, -0.25) is 0 Å². The van der Waals surface area contributed by atoms with Crippen LogP contribution < -0.4 is 9.47 Å². The molecule has 1 saturated heterocycles. The molecule has 2 aliphatic heterocycles. The number of benzene rings is 2. The molecule has 0 N–H and O–H groups in total. The van der Waals surface area contributed by atoms with Gasteiger partial charge in [0.15, 0.2) is 0 Å². The van der Waals surface area contributed by atoms with E-state index in [0.29, 0.717) is 18.8 Å². The molecule has 1 atom stereocenters. The van der Waals surface area contributed by atoms with Crippen LogP contribution in [0.4, 0.5) is 0 Å². The van der Waals surface area contributed by atoms with Gasteiger partial charge in [-0.15, -0.1) is 0 Å². The van der Waals surface area contributed by atoms with Crippen LogP contribution in [0.1, 0.15) is 24.8 Å². The molecule has 5 heteroatoms. The minimum absolute atomic E-state index is 0.414. The number of nitriles is 1. The van der Waals surface area contributed by atoms with Gasteiger partial charge in [-0.2, -0.15) is 10.3 Å². The number of nitrogens with zero attached hydrogens (tertiary/aromatic N) is 2. The lowest BCUT2D eigenvalue weighted by atomic mass is 9.85. The molecule has 0 amide bonds. The summed E-state index contributed by atoms with van der Waals surface area (Å²) in [5.41, 5.74) is 1.13. The summed E-state index contributed by atoms with van der Waals surface area (Å²) in [4.78, 5) is 4.05. The molecular formula is C20H18N2O3. The third-order valence-electron chi connectivity index (χ3n) is 4.53. The average molecular weight is 334 g/mol. The summed E-state index contributed by atoms with van der Waals surface area (Å²) in [6, 6.07) is 15.2. The van der Waals surface area contributed by atoms with Gasteiger partial charge in [0.1, 0.15) is 22.8 Å². The van der Waals surface area contributed by atoms with Crippen molar-refractivity contribution in [1.82, 2.24) is 0 Å². The van der Waals surface area contributed by atoms with Crippen LogP contribution in [0, 0.1) is 11.5 Å². The third-order valence-corrected chi connectivity index (χ3v) is 4.53. The van der Waals surface area contributed by atoms with Gasteiger partial charge in [0.2, 0.25) is 6.19 Å². The summed E-state index contributed by atoms with van der Waals surface area (Å²) in [5.74, 6) is 2.18. The molecule has 1 spiro atoms. The van der Waals surface area contributed by atoms with Crippen LogP contribution >= 0.6 is 0 Å². The fraction of sp³-hybridized carbons (Fsp3) is 0.300. The fourth-order valence-electron chi connectivity index (χ4n) is 3.39. The predicted molar refractivity (Wildman–Crippen MR) is 93.1 cm³/mol. The zero-order valence-electron chi connectivity index (χ0n) is 13.8. The Morgan fingerprint density at radius 1 is 1.12 bits per heavy atom. The van der Waals surface area contributed by atoms with E-state index in [1.165, 1.54) is 0 Å². The molecular weight excluding hydrogens is 316 g/mol. The number of fused-ring (bicyclic) bond motifs is 1. The molecule has 0 bridgehead atoms. The minimum Gasteiger partial charge on any atom is -0.484 e. The van der Waals surface area contributed by atoms with E-state index in [9.17, 15) is 0 Å². The van der Waals surface area contributed by atoms with E-state index in [1.807, 2.05) is 54.7 Å². The number of hydrogen-bond acceptors (Lipinski definition) is 5. The molecule has 2 heterocycles. The SMILES string of the molecule is N#CN=C1CC2(CCCOC2)Oc2ccc(Oc3ccccc3)cc21. The smallest absolute Gasteiger partial charge is 0.205 e. The number of para-hydroxylation sites is 1. The first-order valence-electron chi connectivity index (χ1n) is 8.38. The maximum Gasteiger partial charge on any atom is 0.205 e. The number of rotatable bonds is 2. The van der Waals surface area contributed by atoms with Crippen molar-refractivity contribution in [3.8, 4) is 23.4 Å². The van der Waals surface area contributed by atoms with Crippen molar-refractivity contribution in [2.24, 2.45) is 4.99 Å². The van der Waals surface area contributed by atoms with Gasteiger partial charge >= 0.3 is 0 Å². The van der Waals surface area contributed by atoms with Gasteiger partial charge in [0.05, 0.1) is 12.3 Å². The summed E-state index contributed by atoms with van der Waals surface area (Å²) in [6.45, 7) is 1.28. The van der Waals surface area contributed by atoms with Crippen molar-refractivity contribution >= 4 is 5.71 Å². The number of hydrogen-bond donors (Lipinski definition) is 0. The normalized spacial score (nSPS) is 23.6. The molecule has 0 saturated carbocycles. The second-order valence-electron chi connectivity index (χ2n) is 6.35.